The van der Waals surface area contributed by atoms with Crippen LogP contribution in [0.3, 0.4) is 0 Å². The van der Waals surface area contributed by atoms with Gasteiger partial charge in [-0.05, 0) is 64.5 Å². The Morgan fingerprint density at radius 3 is 2.28 bits per heavy atom. The van der Waals surface area contributed by atoms with Crippen LogP contribution in [0.2, 0.25) is 0 Å². The molecule has 3 fully saturated rings. The summed E-state index contributed by atoms with van der Waals surface area (Å²) < 4.78 is 34.1. The molecule has 9 nitrogen and oxygen atoms in total. The summed E-state index contributed by atoms with van der Waals surface area (Å²) in [6.45, 7) is 6.29. The number of alkyl halides is 2. The second-order valence-electron chi connectivity index (χ2n) is 8.89. The van der Waals surface area contributed by atoms with Crippen LogP contribution in [0.5, 0.6) is 0 Å². The van der Waals surface area contributed by atoms with Gasteiger partial charge in [-0.3, -0.25) is 4.79 Å². The highest BCUT2D eigenvalue weighted by Crippen LogP contribution is 2.34. The first kappa shape index (κ1) is 24.6. The summed E-state index contributed by atoms with van der Waals surface area (Å²) in [7, 11) is 0. The maximum absolute atomic E-state index is 14.5. The van der Waals surface area contributed by atoms with Crippen LogP contribution in [0.25, 0.3) is 0 Å². The molecule has 0 aromatic heterocycles. The molecular weight excluding hydrogens is 426 g/mol. The van der Waals surface area contributed by atoms with Crippen molar-refractivity contribution in [1.29, 1.82) is 0 Å². The zero-order valence-corrected chi connectivity index (χ0v) is 18.8. The average Bonchev–Trinajstić information content (AvgIpc) is 2.98. The van der Waals surface area contributed by atoms with E-state index in [-0.39, 0.29) is 19.4 Å². The molecule has 2 heterocycles. The van der Waals surface area contributed by atoms with Crippen LogP contribution in [0.1, 0.15) is 65.2 Å². The zero-order chi connectivity index (χ0) is 23.5. The molecule has 0 aromatic rings. The third-order valence-electron chi connectivity index (χ3n) is 6.56. The van der Waals surface area contributed by atoms with Crippen molar-refractivity contribution < 1.29 is 32.7 Å². The van der Waals surface area contributed by atoms with Crippen molar-refractivity contribution in [1.82, 2.24) is 14.9 Å². The number of nitrogens with two attached hydrogens (primary N) is 1. The van der Waals surface area contributed by atoms with Crippen LogP contribution in [0.15, 0.2) is 0 Å². The Labute approximate surface area is 187 Å². The minimum absolute atomic E-state index is 0.0492. The Balaban J connectivity index is 1.52. The van der Waals surface area contributed by atoms with Gasteiger partial charge in [0.25, 0.3) is 0 Å². The van der Waals surface area contributed by atoms with E-state index in [0.29, 0.717) is 23.9 Å². The van der Waals surface area contributed by atoms with E-state index in [0.717, 1.165) is 43.7 Å². The molecule has 2 atom stereocenters. The standard InChI is InChI=1S/C21H34F2N4O5/c1-3-11-25(12-4-2)14-5-8-16(9-6-14)31-19(29)21(22,23)32-27-15-7-10-17(18(24)28)26(13-15)20(27)30/h14-17H,3-13H2,1-2H3,(H2,24,28)/t14?,15-,16?,17+/m1/s1. The number of hydrogen-bond donors (Lipinski definition) is 1. The Morgan fingerprint density at radius 2 is 1.72 bits per heavy atom. The number of primary amides is 1. The van der Waals surface area contributed by atoms with E-state index >= 15 is 0 Å². The topological polar surface area (TPSA) is 105 Å². The number of hydroxylamine groups is 2. The van der Waals surface area contributed by atoms with E-state index in [1.54, 1.807) is 0 Å². The van der Waals surface area contributed by atoms with Gasteiger partial charge in [0.15, 0.2) is 0 Å². The molecule has 2 aliphatic heterocycles. The highest BCUT2D eigenvalue weighted by Gasteiger charge is 2.54. The maximum atomic E-state index is 14.5. The summed E-state index contributed by atoms with van der Waals surface area (Å²) in [5, 5.41) is 0.495. The summed E-state index contributed by atoms with van der Waals surface area (Å²) in [6.07, 6.45) is 0.305. The summed E-state index contributed by atoms with van der Waals surface area (Å²) >= 11 is 0. The largest absolute Gasteiger partial charge is 0.477 e. The molecule has 2 N–H and O–H groups in total. The number of rotatable bonds is 10. The molecule has 0 unspecified atom stereocenters. The predicted molar refractivity (Wildman–Crippen MR) is 110 cm³/mol. The lowest BCUT2D eigenvalue weighted by atomic mass is 9.91. The summed E-state index contributed by atoms with van der Waals surface area (Å²) in [6, 6.07) is -2.05. The highest BCUT2D eigenvalue weighted by molar-refractivity contribution is 5.87. The fourth-order valence-corrected chi connectivity index (χ4v) is 5.01. The number of hydrogen-bond acceptors (Lipinski definition) is 6. The molecule has 11 heteroatoms. The molecule has 1 aliphatic carbocycles. The molecule has 3 rings (SSSR count). The van der Waals surface area contributed by atoms with E-state index in [1.165, 1.54) is 0 Å². The number of ether oxygens (including phenoxy) is 1. The van der Waals surface area contributed by atoms with E-state index in [1.807, 2.05) is 0 Å². The molecule has 3 amide bonds. The third kappa shape index (κ3) is 5.31. The van der Waals surface area contributed by atoms with Gasteiger partial charge in [-0.15, -0.1) is 0 Å². The van der Waals surface area contributed by atoms with Crippen LogP contribution in [-0.2, 0) is 19.2 Å². The normalized spacial score (nSPS) is 28.3. The van der Waals surface area contributed by atoms with Crippen LogP contribution in [0.4, 0.5) is 13.6 Å². The number of esters is 1. The molecule has 3 aliphatic rings. The highest BCUT2D eigenvalue weighted by atomic mass is 19.3. The van der Waals surface area contributed by atoms with Crippen molar-refractivity contribution in [3.8, 4) is 0 Å². The number of carbonyl (C=O) groups excluding carboxylic acids is 3. The molecule has 1 saturated carbocycles. The predicted octanol–water partition coefficient (Wildman–Crippen LogP) is 2.24. The van der Waals surface area contributed by atoms with E-state index < -0.39 is 42.2 Å². The van der Waals surface area contributed by atoms with Gasteiger partial charge in [-0.1, -0.05) is 13.8 Å². The van der Waals surface area contributed by atoms with Gasteiger partial charge in [0, 0.05) is 12.6 Å². The summed E-state index contributed by atoms with van der Waals surface area (Å²) in [5.74, 6) is -2.49. The molecule has 0 radical (unpaired) electrons. The number of amides is 3. The molecule has 182 valence electrons. The molecule has 2 saturated heterocycles. The average molecular weight is 461 g/mol. The fraction of sp³-hybridized carbons (Fsp3) is 0.857. The van der Waals surface area contributed by atoms with Crippen molar-refractivity contribution in [2.24, 2.45) is 5.73 Å². The van der Waals surface area contributed by atoms with E-state index in [4.69, 9.17) is 10.5 Å². The van der Waals surface area contributed by atoms with Gasteiger partial charge in [0.1, 0.15) is 12.1 Å². The van der Waals surface area contributed by atoms with Gasteiger partial charge >= 0.3 is 18.1 Å². The SMILES string of the molecule is CCCN(CCC)C1CCC(OC(=O)C(F)(F)ON2C(=O)N3C[C@H]2CC[C@H]3C(N)=O)CC1. The second kappa shape index (κ2) is 10.3. The minimum Gasteiger partial charge on any atom is -0.456 e. The Hall–Kier alpha value is -2.01. The first-order valence-electron chi connectivity index (χ1n) is 11.6. The number of urea groups is 1. The Kier molecular flexibility index (Phi) is 7.92. The van der Waals surface area contributed by atoms with Crippen molar-refractivity contribution in [3.05, 3.63) is 0 Å². The Bertz CT molecular complexity index is 696. The van der Waals surface area contributed by atoms with Gasteiger partial charge in [0.2, 0.25) is 5.91 Å². The lowest BCUT2D eigenvalue weighted by Gasteiger charge is -2.36. The lowest BCUT2D eigenvalue weighted by Crippen LogP contribution is -2.48. The zero-order valence-electron chi connectivity index (χ0n) is 18.8. The smallest absolute Gasteiger partial charge is 0.456 e. The van der Waals surface area contributed by atoms with Gasteiger partial charge in [0.05, 0.1) is 6.04 Å². The van der Waals surface area contributed by atoms with Gasteiger partial charge < -0.3 is 20.3 Å². The summed E-state index contributed by atoms with van der Waals surface area (Å²) in [4.78, 5) is 44.2. The maximum Gasteiger partial charge on any atom is 0.477 e. The number of fused-ring (bicyclic) bond motifs is 2. The summed E-state index contributed by atoms with van der Waals surface area (Å²) in [5.41, 5.74) is 5.28. The van der Waals surface area contributed by atoms with Crippen molar-refractivity contribution in [3.63, 3.8) is 0 Å². The number of piperidine rings is 1. The molecule has 0 aromatic carbocycles. The quantitative estimate of drug-likeness (QED) is 0.502. The Morgan fingerprint density at radius 1 is 1.09 bits per heavy atom. The monoisotopic (exact) mass is 460 g/mol. The van der Waals surface area contributed by atoms with Crippen molar-refractivity contribution >= 4 is 17.9 Å². The molecular formula is C21H34F2N4O5. The first-order chi connectivity index (χ1) is 15.2. The van der Waals surface area contributed by atoms with E-state index in [9.17, 15) is 23.2 Å². The number of nitrogens with zero attached hydrogens (tertiary/aromatic N) is 3. The molecule has 32 heavy (non-hydrogen) atoms. The van der Waals surface area contributed by atoms with Crippen LogP contribution in [-0.4, -0.2) is 82.7 Å². The lowest BCUT2D eigenvalue weighted by molar-refractivity contribution is -0.331. The first-order valence-corrected chi connectivity index (χ1v) is 11.6. The number of halogens is 2. The molecule has 2 bridgehead atoms. The van der Waals surface area contributed by atoms with Gasteiger partial charge in [-0.2, -0.15) is 18.7 Å². The van der Waals surface area contributed by atoms with Crippen LogP contribution in [0, 0.1) is 0 Å². The number of carbonyl (C=O) groups is 3. The molecule has 0 spiro atoms. The van der Waals surface area contributed by atoms with Crippen LogP contribution >= 0.6 is 0 Å². The van der Waals surface area contributed by atoms with Crippen LogP contribution < -0.4 is 5.73 Å². The van der Waals surface area contributed by atoms with Gasteiger partial charge in [-0.25, -0.2) is 9.59 Å². The third-order valence-corrected chi connectivity index (χ3v) is 6.56. The van der Waals surface area contributed by atoms with E-state index in [2.05, 4.69) is 23.6 Å². The fourth-order valence-electron chi connectivity index (χ4n) is 5.01. The van der Waals surface area contributed by atoms with Crippen molar-refractivity contribution in [2.45, 2.75) is 95.6 Å². The minimum atomic E-state index is -4.30. The van der Waals surface area contributed by atoms with Crippen molar-refractivity contribution in [2.75, 3.05) is 19.6 Å². The second-order valence-corrected chi connectivity index (χ2v) is 8.89.